The average Bonchev–Trinajstić information content (AvgIpc) is 2.60. The van der Waals surface area contributed by atoms with E-state index in [1.165, 1.54) is 12.1 Å². The number of anilines is 1. The summed E-state index contributed by atoms with van der Waals surface area (Å²) < 4.78 is 30.9. The Bertz CT molecular complexity index is 990. The van der Waals surface area contributed by atoms with Gasteiger partial charge in [-0.2, -0.15) is 0 Å². The average molecular weight is 402 g/mol. The fourth-order valence-corrected chi connectivity index (χ4v) is 6.43. The van der Waals surface area contributed by atoms with Crippen molar-refractivity contribution >= 4 is 39.5 Å². The Morgan fingerprint density at radius 1 is 0.958 bits per heavy atom. The molecule has 1 atom stereocenters. The van der Waals surface area contributed by atoms with Crippen molar-refractivity contribution in [3.05, 3.63) is 77.0 Å². The predicted molar refractivity (Wildman–Crippen MR) is 101 cm³/mol. The van der Waals surface area contributed by atoms with Crippen molar-refractivity contribution in [2.45, 2.75) is 0 Å². The molecule has 0 N–H and O–H groups in total. The Balaban J connectivity index is 2.10. The number of rotatable bonds is 1. The molecule has 1 heterocycles. The van der Waals surface area contributed by atoms with Gasteiger partial charge in [-0.3, -0.25) is 4.57 Å². The molecule has 0 aromatic heterocycles. The van der Waals surface area contributed by atoms with Gasteiger partial charge in [0, 0.05) is 27.7 Å². The standard InChI is InChI=1S/C19H14BrFNOP/c1-22-18-10-7-13(20)11-17(18)16-9-8-14(21)12-19(16)24(22,23)15-5-3-2-4-6-15/h2-12H,1H3/t24-/m0/s1. The van der Waals surface area contributed by atoms with Gasteiger partial charge in [-0.15, -0.1) is 0 Å². The van der Waals surface area contributed by atoms with Crippen LogP contribution in [-0.2, 0) is 4.57 Å². The largest absolute Gasteiger partial charge is 0.318 e. The molecule has 0 aliphatic carbocycles. The van der Waals surface area contributed by atoms with E-state index in [9.17, 15) is 8.96 Å². The van der Waals surface area contributed by atoms with Crippen molar-refractivity contribution in [3.63, 3.8) is 0 Å². The molecule has 0 saturated heterocycles. The van der Waals surface area contributed by atoms with Crippen LogP contribution in [0.5, 0.6) is 0 Å². The monoisotopic (exact) mass is 401 g/mol. The highest BCUT2D eigenvalue weighted by Crippen LogP contribution is 2.56. The van der Waals surface area contributed by atoms with Crippen LogP contribution in [0.2, 0.25) is 0 Å². The third kappa shape index (κ3) is 2.17. The first-order valence-electron chi connectivity index (χ1n) is 7.52. The lowest BCUT2D eigenvalue weighted by molar-refractivity contribution is 0.585. The molecule has 4 rings (SSSR count). The maximum absolute atomic E-state index is 14.1. The van der Waals surface area contributed by atoms with Crippen LogP contribution < -0.4 is 15.3 Å². The van der Waals surface area contributed by atoms with E-state index in [0.717, 1.165) is 21.3 Å². The molecule has 0 radical (unpaired) electrons. The summed E-state index contributed by atoms with van der Waals surface area (Å²) in [5.41, 5.74) is 2.65. The Morgan fingerprint density at radius 2 is 1.71 bits per heavy atom. The minimum Gasteiger partial charge on any atom is -0.318 e. The fourth-order valence-electron chi connectivity index (χ4n) is 3.25. The lowest BCUT2D eigenvalue weighted by atomic mass is 10.0. The van der Waals surface area contributed by atoms with Gasteiger partial charge in [-0.25, -0.2) is 4.39 Å². The molecule has 3 aromatic rings. The predicted octanol–water partition coefficient (Wildman–Crippen LogP) is 4.93. The van der Waals surface area contributed by atoms with Gasteiger partial charge in [0.2, 0.25) is 7.29 Å². The highest BCUT2D eigenvalue weighted by molar-refractivity contribution is 9.10. The van der Waals surface area contributed by atoms with Gasteiger partial charge in [0.05, 0.1) is 5.69 Å². The van der Waals surface area contributed by atoms with Gasteiger partial charge in [-0.05, 0) is 48.0 Å². The van der Waals surface area contributed by atoms with E-state index >= 15 is 0 Å². The molecule has 0 amide bonds. The zero-order valence-corrected chi connectivity index (χ0v) is 15.4. The molecule has 0 fully saturated rings. The van der Waals surface area contributed by atoms with Crippen molar-refractivity contribution in [1.29, 1.82) is 0 Å². The number of halogens is 2. The summed E-state index contributed by atoms with van der Waals surface area (Å²) in [7, 11) is -1.33. The Morgan fingerprint density at radius 3 is 2.46 bits per heavy atom. The molecule has 5 heteroatoms. The topological polar surface area (TPSA) is 20.3 Å². The van der Waals surface area contributed by atoms with E-state index in [1.54, 1.807) is 10.7 Å². The van der Waals surface area contributed by atoms with Crippen LogP contribution in [0, 0.1) is 5.82 Å². The van der Waals surface area contributed by atoms with E-state index in [2.05, 4.69) is 15.9 Å². The Kier molecular flexibility index (Phi) is 3.63. The summed E-state index contributed by atoms with van der Waals surface area (Å²) in [5, 5.41) is 1.25. The van der Waals surface area contributed by atoms with Crippen molar-refractivity contribution < 1.29 is 8.96 Å². The quantitative estimate of drug-likeness (QED) is 0.538. The number of nitrogens with zero attached hydrogens (tertiary/aromatic N) is 1. The smallest absolute Gasteiger partial charge is 0.230 e. The first kappa shape index (κ1) is 15.6. The van der Waals surface area contributed by atoms with Crippen molar-refractivity contribution in [2.24, 2.45) is 0 Å². The molecule has 0 saturated carbocycles. The van der Waals surface area contributed by atoms with Gasteiger partial charge in [0.1, 0.15) is 5.82 Å². The van der Waals surface area contributed by atoms with Gasteiger partial charge >= 0.3 is 0 Å². The molecule has 0 bridgehead atoms. The molecule has 2 nitrogen and oxygen atoms in total. The van der Waals surface area contributed by atoms with Gasteiger partial charge in [0.15, 0.2) is 0 Å². The van der Waals surface area contributed by atoms with Crippen LogP contribution in [0.25, 0.3) is 11.1 Å². The highest BCUT2D eigenvalue weighted by atomic mass is 79.9. The Labute approximate surface area is 148 Å². The molecule has 1 aliphatic heterocycles. The van der Waals surface area contributed by atoms with Gasteiger partial charge < -0.3 is 4.67 Å². The minimum absolute atomic E-state index is 0.378. The van der Waals surface area contributed by atoms with Crippen molar-refractivity contribution in [1.82, 2.24) is 0 Å². The number of benzene rings is 3. The number of hydrogen-bond donors (Lipinski definition) is 0. The molecule has 3 aromatic carbocycles. The van der Waals surface area contributed by atoms with Gasteiger partial charge in [0.25, 0.3) is 0 Å². The summed E-state index contributed by atoms with van der Waals surface area (Å²) >= 11 is 3.49. The number of hydrogen-bond acceptors (Lipinski definition) is 1. The second-order valence-electron chi connectivity index (χ2n) is 5.76. The molecule has 1 aliphatic rings. The summed E-state index contributed by atoms with van der Waals surface area (Å²) in [6, 6.07) is 19.7. The molecule has 120 valence electrons. The van der Waals surface area contributed by atoms with Crippen LogP contribution in [0.3, 0.4) is 0 Å². The van der Waals surface area contributed by atoms with E-state index in [4.69, 9.17) is 0 Å². The minimum atomic E-state index is -3.14. The third-order valence-corrected chi connectivity index (χ3v) is 7.99. The van der Waals surface area contributed by atoms with Crippen molar-refractivity contribution in [3.8, 4) is 11.1 Å². The van der Waals surface area contributed by atoms with E-state index in [0.29, 0.717) is 10.6 Å². The third-order valence-electron chi connectivity index (χ3n) is 4.41. The van der Waals surface area contributed by atoms with Gasteiger partial charge in [-0.1, -0.05) is 40.2 Å². The van der Waals surface area contributed by atoms with Crippen molar-refractivity contribution in [2.75, 3.05) is 11.7 Å². The zero-order valence-electron chi connectivity index (χ0n) is 12.9. The maximum Gasteiger partial charge on any atom is 0.230 e. The maximum atomic E-state index is 14.1. The summed E-state index contributed by atoms with van der Waals surface area (Å²) in [6.45, 7) is 0. The Hall–Kier alpha value is -1.90. The van der Waals surface area contributed by atoms with E-state index in [1.807, 2.05) is 55.6 Å². The van der Waals surface area contributed by atoms with Crippen LogP contribution in [0.4, 0.5) is 10.1 Å². The highest BCUT2D eigenvalue weighted by Gasteiger charge is 2.40. The molecule has 0 unspecified atom stereocenters. The molecule has 0 spiro atoms. The lowest BCUT2D eigenvalue weighted by Crippen LogP contribution is -2.34. The summed E-state index contributed by atoms with van der Waals surface area (Å²) in [4.78, 5) is 0. The van der Waals surface area contributed by atoms with Crippen LogP contribution in [-0.4, -0.2) is 7.05 Å². The molecule has 24 heavy (non-hydrogen) atoms. The summed E-state index contributed by atoms with van der Waals surface area (Å²) in [5.74, 6) is -0.378. The van der Waals surface area contributed by atoms with Crippen LogP contribution in [0.1, 0.15) is 0 Å². The molecular weight excluding hydrogens is 388 g/mol. The van der Waals surface area contributed by atoms with E-state index < -0.39 is 7.29 Å². The summed E-state index contributed by atoms with van der Waals surface area (Å²) in [6.07, 6.45) is 0. The van der Waals surface area contributed by atoms with Crippen LogP contribution >= 0.6 is 23.2 Å². The second kappa shape index (κ2) is 5.58. The zero-order chi connectivity index (χ0) is 16.9. The van der Waals surface area contributed by atoms with E-state index in [-0.39, 0.29) is 5.82 Å². The first-order valence-corrected chi connectivity index (χ1v) is 9.97. The lowest BCUT2D eigenvalue weighted by Gasteiger charge is -2.37. The second-order valence-corrected chi connectivity index (χ2v) is 9.42. The fraction of sp³-hybridized carbons (Fsp3) is 0.0526. The SMILES string of the molecule is CN1c2ccc(Br)cc2-c2ccc(F)cc2[P@@]1(=O)c1ccccc1. The number of fused-ring (bicyclic) bond motifs is 3. The first-order chi connectivity index (χ1) is 11.5. The van der Waals surface area contributed by atoms with Crippen LogP contribution in [0.15, 0.2) is 71.2 Å². The molecular formula is C19H14BrFNOP. The normalized spacial score (nSPS) is 18.9.